The number of fused-ring (bicyclic) bond motifs is 1. The van der Waals surface area contributed by atoms with Crippen LogP contribution in [0.15, 0.2) is 23.0 Å². The number of H-pyrrole nitrogens is 1. The second kappa shape index (κ2) is 7.75. The number of ether oxygens (including phenoxy) is 3. The summed E-state index contributed by atoms with van der Waals surface area (Å²) in [6, 6.07) is 5.26. The third kappa shape index (κ3) is 4.08. The number of carbonyl (C=O) groups is 1. The summed E-state index contributed by atoms with van der Waals surface area (Å²) in [4.78, 5) is 26.9. The molecule has 1 unspecified atom stereocenters. The second-order valence-corrected chi connectivity index (χ2v) is 6.46. The van der Waals surface area contributed by atoms with Crippen molar-refractivity contribution in [2.75, 3.05) is 19.9 Å². The van der Waals surface area contributed by atoms with Crippen LogP contribution in [0.25, 0.3) is 11.4 Å². The minimum absolute atomic E-state index is 0.0955. The molecule has 1 saturated heterocycles. The Morgan fingerprint density at radius 3 is 2.96 bits per heavy atom. The van der Waals surface area contributed by atoms with Crippen LogP contribution in [-0.4, -0.2) is 47.1 Å². The van der Waals surface area contributed by atoms with Crippen molar-refractivity contribution in [2.45, 2.75) is 31.8 Å². The van der Waals surface area contributed by atoms with Crippen LogP contribution >= 0.6 is 0 Å². The van der Waals surface area contributed by atoms with E-state index < -0.39 is 0 Å². The number of benzene rings is 1. The van der Waals surface area contributed by atoms with Crippen LogP contribution in [0, 0.1) is 0 Å². The van der Waals surface area contributed by atoms with Crippen molar-refractivity contribution in [3.63, 3.8) is 0 Å². The molecule has 3 heterocycles. The first-order valence-electron chi connectivity index (χ1n) is 8.93. The minimum atomic E-state index is -0.357. The van der Waals surface area contributed by atoms with E-state index in [-0.39, 0.29) is 42.9 Å². The molecule has 1 aromatic heterocycles. The summed E-state index contributed by atoms with van der Waals surface area (Å²) in [5.74, 6) is 1.46. The molecule has 0 aliphatic carbocycles. The number of hydrogen-bond acceptors (Lipinski definition) is 7. The first-order chi connectivity index (χ1) is 13.2. The molecule has 4 rings (SSSR count). The molecule has 0 spiro atoms. The lowest BCUT2D eigenvalue weighted by atomic mass is 10.2. The van der Waals surface area contributed by atoms with Crippen LogP contribution in [-0.2, 0) is 16.0 Å². The predicted molar refractivity (Wildman–Crippen MR) is 94.5 cm³/mol. The van der Waals surface area contributed by atoms with E-state index in [0.717, 1.165) is 19.4 Å². The number of aromatic amines is 1. The third-order valence-electron chi connectivity index (χ3n) is 4.55. The zero-order valence-electron chi connectivity index (χ0n) is 14.7. The smallest absolute Gasteiger partial charge is 0.273 e. The number of rotatable bonds is 6. The van der Waals surface area contributed by atoms with Gasteiger partial charge >= 0.3 is 0 Å². The summed E-state index contributed by atoms with van der Waals surface area (Å²) >= 11 is 0. The molecule has 2 aromatic rings. The average Bonchev–Trinajstić information content (AvgIpc) is 3.36. The number of hydrogen-bond donors (Lipinski definition) is 2. The number of carbonyl (C=O) groups excluding carboxylic acids is 1. The van der Waals surface area contributed by atoms with Gasteiger partial charge in [0.15, 0.2) is 17.3 Å². The Balaban J connectivity index is 1.35. The highest BCUT2D eigenvalue weighted by Gasteiger charge is 2.17. The Labute approximate surface area is 155 Å². The first-order valence-corrected chi connectivity index (χ1v) is 8.93. The fourth-order valence-electron chi connectivity index (χ4n) is 3.05. The maximum atomic E-state index is 12.3. The summed E-state index contributed by atoms with van der Waals surface area (Å²) in [6.45, 7) is 1.43. The largest absolute Gasteiger partial charge is 0.454 e. The van der Waals surface area contributed by atoms with Crippen LogP contribution in [0.4, 0.5) is 0 Å². The summed E-state index contributed by atoms with van der Waals surface area (Å²) in [5, 5.41) is 10.9. The van der Waals surface area contributed by atoms with Gasteiger partial charge in [0.05, 0.1) is 6.10 Å². The van der Waals surface area contributed by atoms with Crippen molar-refractivity contribution in [1.82, 2.24) is 20.5 Å². The van der Waals surface area contributed by atoms with Crippen LogP contribution in [0.3, 0.4) is 0 Å². The zero-order chi connectivity index (χ0) is 18.6. The van der Waals surface area contributed by atoms with Crippen molar-refractivity contribution >= 4 is 5.91 Å². The van der Waals surface area contributed by atoms with Gasteiger partial charge in [0.2, 0.25) is 12.7 Å². The van der Waals surface area contributed by atoms with E-state index in [9.17, 15) is 9.59 Å². The van der Waals surface area contributed by atoms with Crippen molar-refractivity contribution in [3.8, 4) is 22.9 Å². The normalized spacial score (nSPS) is 17.9. The molecule has 9 nitrogen and oxygen atoms in total. The van der Waals surface area contributed by atoms with Gasteiger partial charge in [-0.05, 0) is 31.0 Å². The van der Waals surface area contributed by atoms with Gasteiger partial charge in [-0.2, -0.15) is 0 Å². The Hall–Kier alpha value is -2.94. The fourth-order valence-corrected chi connectivity index (χ4v) is 3.05. The predicted octanol–water partition coefficient (Wildman–Crippen LogP) is 0.788. The Morgan fingerprint density at radius 2 is 2.15 bits per heavy atom. The SMILES string of the molecule is O=C(CCc1nnc(-c2ccc3c(c2)OCO3)[nH]c1=O)NCC1CCCO1. The summed E-state index contributed by atoms with van der Waals surface area (Å²) in [7, 11) is 0. The maximum Gasteiger partial charge on any atom is 0.273 e. The monoisotopic (exact) mass is 372 g/mol. The van der Waals surface area contributed by atoms with E-state index >= 15 is 0 Å². The minimum Gasteiger partial charge on any atom is -0.454 e. The zero-order valence-corrected chi connectivity index (χ0v) is 14.7. The lowest BCUT2D eigenvalue weighted by Crippen LogP contribution is -2.32. The van der Waals surface area contributed by atoms with Gasteiger partial charge in [0.25, 0.3) is 5.56 Å². The number of amides is 1. The van der Waals surface area contributed by atoms with E-state index in [0.29, 0.717) is 29.4 Å². The van der Waals surface area contributed by atoms with E-state index in [2.05, 4.69) is 20.5 Å². The van der Waals surface area contributed by atoms with E-state index in [1.54, 1.807) is 18.2 Å². The van der Waals surface area contributed by atoms with Crippen molar-refractivity contribution < 1.29 is 19.0 Å². The first kappa shape index (κ1) is 17.5. The number of aryl methyl sites for hydroxylation is 1. The number of aromatic nitrogens is 3. The highest BCUT2D eigenvalue weighted by molar-refractivity contribution is 5.76. The molecule has 0 saturated carbocycles. The fraction of sp³-hybridized carbons (Fsp3) is 0.444. The molecule has 2 aliphatic rings. The van der Waals surface area contributed by atoms with Crippen molar-refractivity contribution in [1.29, 1.82) is 0 Å². The van der Waals surface area contributed by atoms with Crippen molar-refractivity contribution in [3.05, 3.63) is 34.2 Å². The molecule has 9 heteroatoms. The van der Waals surface area contributed by atoms with Crippen LogP contribution in [0.1, 0.15) is 25.0 Å². The van der Waals surface area contributed by atoms with Gasteiger partial charge in [-0.1, -0.05) is 0 Å². The summed E-state index contributed by atoms with van der Waals surface area (Å²) < 4.78 is 16.0. The van der Waals surface area contributed by atoms with Gasteiger partial charge in [-0.15, -0.1) is 10.2 Å². The number of nitrogens with one attached hydrogen (secondary N) is 2. The summed E-state index contributed by atoms with van der Waals surface area (Å²) in [6.07, 6.45) is 2.49. The lowest BCUT2D eigenvalue weighted by molar-refractivity contribution is -0.121. The topological polar surface area (TPSA) is 115 Å². The molecule has 2 aliphatic heterocycles. The molecule has 142 valence electrons. The van der Waals surface area contributed by atoms with Gasteiger partial charge in [-0.25, -0.2) is 0 Å². The van der Waals surface area contributed by atoms with Crippen LogP contribution in [0.5, 0.6) is 11.5 Å². The van der Waals surface area contributed by atoms with Gasteiger partial charge in [-0.3, -0.25) is 9.59 Å². The van der Waals surface area contributed by atoms with Gasteiger partial charge in [0.1, 0.15) is 5.69 Å². The Morgan fingerprint density at radius 1 is 1.26 bits per heavy atom. The quantitative estimate of drug-likeness (QED) is 0.770. The van der Waals surface area contributed by atoms with Crippen LogP contribution in [0.2, 0.25) is 0 Å². The highest BCUT2D eigenvalue weighted by Crippen LogP contribution is 2.34. The average molecular weight is 372 g/mol. The maximum absolute atomic E-state index is 12.3. The molecule has 0 radical (unpaired) electrons. The lowest BCUT2D eigenvalue weighted by Gasteiger charge is -2.10. The van der Waals surface area contributed by atoms with Gasteiger partial charge in [0, 0.05) is 31.6 Å². The molecule has 2 N–H and O–H groups in total. The highest BCUT2D eigenvalue weighted by atomic mass is 16.7. The Bertz CT molecular complexity index is 892. The van der Waals surface area contributed by atoms with Crippen LogP contribution < -0.4 is 20.3 Å². The van der Waals surface area contributed by atoms with Crippen molar-refractivity contribution in [2.24, 2.45) is 0 Å². The molecular formula is C18H20N4O5. The van der Waals surface area contributed by atoms with Gasteiger partial charge < -0.3 is 24.5 Å². The second-order valence-electron chi connectivity index (χ2n) is 6.46. The molecule has 1 fully saturated rings. The standard InChI is InChI=1S/C18H20N4O5/c23-16(19-9-12-2-1-7-25-12)6-4-13-18(24)20-17(22-21-13)11-3-5-14-15(8-11)27-10-26-14/h3,5,8,12H,1-2,4,6-7,9-10H2,(H,19,23)(H,20,22,24). The molecule has 27 heavy (non-hydrogen) atoms. The van der Waals surface area contributed by atoms with E-state index in [1.165, 1.54) is 0 Å². The molecular weight excluding hydrogens is 352 g/mol. The van der Waals surface area contributed by atoms with E-state index in [4.69, 9.17) is 14.2 Å². The molecule has 0 bridgehead atoms. The van der Waals surface area contributed by atoms with E-state index in [1.807, 2.05) is 0 Å². The summed E-state index contributed by atoms with van der Waals surface area (Å²) in [5.41, 5.74) is 0.543. The molecule has 1 amide bonds. The third-order valence-corrected chi connectivity index (χ3v) is 4.55. The molecule has 1 aromatic carbocycles. The Kier molecular flexibility index (Phi) is 5.01. The number of nitrogens with zero attached hydrogens (tertiary/aromatic N) is 2. The molecule has 1 atom stereocenters.